The normalized spacial score (nSPS) is 11.6. The standard InChI is InChI=1S/C19H18ClN3O3S2/c1-23(2)11-13-7-9-14(10-8-13)28(25,26)22-18(24)17-12-27-19(21-17)15-5-3-4-6-16(15)20/h3-10,12H,11H2,1-2H3,(H,22,24). The molecule has 146 valence electrons. The molecular formula is C19H18ClN3O3S2. The van der Waals surface area contributed by atoms with Crippen molar-refractivity contribution in [3.05, 3.63) is 70.2 Å². The number of carbonyl (C=O) groups excluding carboxylic acids is 1. The average molecular weight is 436 g/mol. The summed E-state index contributed by atoms with van der Waals surface area (Å²) in [6.45, 7) is 0.691. The van der Waals surface area contributed by atoms with Crippen LogP contribution >= 0.6 is 22.9 Å². The van der Waals surface area contributed by atoms with Crippen LogP contribution in [0, 0.1) is 0 Å². The molecule has 2 aromatic carbocycles. The van der Waals surface area contributed by atoms with E-state index in [1.165, 1.54) is 28.8 Å². The van der Waals surface area contributed by atoms with Crippen LogP contribution in [-0.2, 0) is 16.6 Å². The van der Waals surface area contributed by atoms with Crippen LogP contribution in [0.4, 0.5) is 0 Å². The molecule has 0 bridgehead atoms. The Balaban J connectivity index is 1.76. The zero-order chi connectivity index (χ0) is 20.3. The molecule has 0 radical (unpaired) electrons. The van der Waals surface area contributed by atoms with Gasteiger partial charge in [0.15, 0.2) is 0 Å². The summed E-state index contributed by atoms with van der Waals surface area (Å²) < 4.78 is 27.0. The number of nitrogens with zero attached hydrogens (tertiary/aromatic N) is 2. The first-order chi connectivity index (χ1) is 13.3. The molecule has 1 N–H and O–H groups in total. The zero-order valence-corrected chi connectivity index (χ0v) is 17.6. The highest BCUT2D eigenvalue weighted by Crippen LogP contribution is 2.30. The number of hydrogen-bond donors (Lipinski definition) is 1. The number of aromatic nitrogens is 1. The fourth-order valence-corrected chi connectivity index (χ4v) is 4.59. The lowest BCUT2D eigenvalue weighted by atomic mass is 10.2. The molecule has 0 aliphatic heterocycles. The van der Waals surface area contributed by atoms with Crippen molar-refractivity contribution in [2.75, 3.05) is 14.1 Å². The van der Waals surface area contributed by atoms with E-state index in [9.17, 15) is 13.2 Å². The number of carbonyl (C=O) groups is 1. The molecule has 0 fully saturated rings. The maximum Gasteiger partial charge on any atom is 0.284 e. The zero-order valence-electron chi connectivity index (χ0n) is 15.2. The number of hydrogen-bond acceptors (Lipinski definition) is 6. The third kappa shape index (κ3) is 4.77. The molecule has 0 aliphatic carbocycles. The predicted molar refractivity (Wildman–Crippen MR) is 111 cm³/mol. The Morgan fingerprint density at radius 2 is 1.82 bits per heavy atom. The van der Waals surface area contributed by atoms with Crippen LogP contribution in [0.25, 0.3) is 10.6 Å². The van der Waals surface area contributed by atoms with Gasteiger partial charge in [-0.15, -0.1) is 11.3 Å². The molecule has 3 aromatic rings. The summed E-state index contributed by atoms with van der Waals surface area (Å²) in [7, 11) is -0.139. The van der Waals surface area contributed by atoms with E-state index in [1.54, 1.807) is 30.3 Å². The SMILES string of the molecule is CN(C)Cc1ccc(S(=O)(=O)NC(=O)c2csc(-c3ccccc3Cl)n2)cc1. The van der Waals surface area contributed by atoms with Crippen LogP contribution in [0.2, 0.25) is 5.02 Å². The molecule has 28 heavy (non-hydrogen) atoms. The van der Waals surface area contributed by atoms with Crippen molar-refractivity contribution in [3.63, 3.8) is 0 Å². The number of benzene rings is 2. The Bertz CT molecular complexity index is 1090. The number of rotatable bonds is 6. The summed E-state index contributed by atoms with van der Waals surface area (Å²) in [6.07, 6.45) is 0. The lowest BCUT2D eigenvalue weighted by molar-refractivity contribution is 0.0977. The molecule has 6 nitrogen and oxygen atoms in total. The van der Waals surface area contributed by atoms with Crippen molar-refractivity contribution in [2.24, 2.45) is 0 Å². The van der Waals surface area contributed by atoms with Crippen LogP contribution in [0.3, 0.4) is 0 Å². The Labute approximate surface area is 172 Å². The van der Waals surface area contributed by atoms with E-state index in [0.717, 1.165) is 5.56 Å². The van der Waals surface area contributed by atoms with Gasteiger partial charge in [-0.05, 0) is 37.9 Å². The lowest BCUT2D eigenvalue weighted by Crippen LogP contribution is -2.30. The molecule has 0 saturated heterocycles. The van der Waals surface area contributed by atoms with Gasteiger partial charge < -0.3 is 4.90 Å². The summed E-state index contributed by atoms with van der Waals surface area (Å²) >= 11 is 7.36. The van der Waals surface area contributed by atoms with Gasteiger partial charge in [-0.2, -0.15) is 0 Å². The van der Waals surface area contributed by atoms with Crippen molar-refractivity contribution in [2.45, 2.75) is 11.4 Å². The molecule has 0 unspecified atom stereocenters. The van der Waals surface area contributed by atoms with Crippen molar-refractivity contribution in [3.8, 4) is 10.6 Å². The van der Waals surface area contributed by atoms with Crippen molar-refractivity contribution in [1.29, 1.82) is 0 Å². The Kier molecular flexibility index (Phi) is 6.14. The minimum Gasteiger partial charge on any atom is -0.305 e. The Morgan fingerprint density at radius 3 is 2.46 bits per heavy atom. The summed E-state index contributed by atoms with van der Waals surface area (Å²) in [4.78, 5) is 18.6. The first-order valence-corrected chi connectivity index (χ1v) is 11.0. The van der Waals surface area contributed by atoms with Gasteiger partial charge in [-0.3, -0.25) is 4.79 Å². The first kappa shape index (κ1) is 20.5. The highest BCUT2D eigenvalue weighted by Gasteiger charge is 2.21. The summed E-state index contributed by atoms with van der Waals surface area (Å²) in [5, 5.41) is 2.55. The van der Waals surface area contributed by atoms with E-state index >= 15 is 0 Å². The van der Waals surface area contributed by atoms with Gasteiger partial charge in [-0.25, -0.2) is 18.1 Å². The molecule has 0 aliphatic rings. The predicted octanol–water partition coefficient (Wildman–Crippen LogP) is 3.64. The topological polar surface area (TPSA) is 79.4 Å². The van der Waals surface area contributed by atoms with E-state index in [0.29, 0.717) is 22.1 Å². The molecular weight excluding hydrogens is 418 g/mol. The second-order valence-electron chi connectivity index (χ2n) is 6.33. The highest BCUT2D eigenvalue weighted by atomic mass is 35.5. The molecule has 1 aromatic heterocycles. The number of amides is 1. The van der Waals surface area contributed by atoms with E-state index in [1.807, 2.05) is 25.1 Å². The van der Waals surface area contributed by atoms with Crippen LogP contribution in [0.5, 0.6) is 0 Å². The second kappa shape index (κ2) is 8.40. The van der Waals surface area contributed by atoms with Gasteiger partial charge >= 0.3 is 0 Å². The Hall–Kier alpha value is -2.26. The second-order valence-corrected chi connectivity index (χ2v) is 9.28. The fraction of sp³-hybridized carbons (Fsp3) is 0.158. The van der Waals surface area contributed by atoms with Gasteiger partial charge in [0.2, 0.25) is 0 Å². The van der Waals surface area contributed by atoms with Gasteiger partial charge in [0, 0.05) is 17.5 Å². The molecule has 1 heterocycles. The third-order valence-corrected chi connectivity index (χ3v) is 6.35. The van der Waals surface area contributed by atoms with Gasteiger partial charge in [0.25, 0.3) is 15.9 Å². The fourth-order valence-electron chi connectivity index (χ4n) is 2.51. The minimum absolute atomic E-state index is 0.0184. The monoisotopic (exact) mass is 435 g/mol. The first-order valence-electron chi connectivity index (χ1n) is 8.27. The molecule has 3 rings (SSSR count). The molecule has 0 saturated carbocycles. The molecule has 0 atom stereocenters. The van der Waals surface area contributed by atoms with Crippen LogP contribution < -0.4 is 4.72 Å². The smallest absolute Gasteiger partial charge is 0.284 e. The maximum absolute atomic E-state index is 12.5. The largest absolute Gasteiger partial charge is 0.305 e. The van der Waals surface area contributed by atoms with Crippen LogP contribution in [-0.4, -0.2) is 38.3 Å². The highest BCUT2D eigenvalue weighted by molar-refractivity contribution is 7.90. The van der Waals surface area contributed by atoms with E-state index in [2.05, 4.69) is 9.71 Å². The van der Waals surface area contributed by atoms with Gasteiger partial charge in [0.05, 0.1) is 9.92 Å². The lowest BCUT2D eigenvalue weighted by Gasteiger charge is -2.10. The average Bonchev–Trinajstić information content (AvgIpc) is 3.12. The van der Waals surface area contributed by atoms with Crippen molar-refractivity contribution < 1.29 is 13.2 Å². The maximum atomic E-state index is 12.5. The summed E-state index contributed by atoms with van der Waals surface area (Å²) in [5.74, 6) is -0.785. The summed E-state index contributed by atoms with van der Waals surface area (Å²) in [6, 6.07) is 13.5. The van der Waals surface area contributed by atoms with Crippen molar-refractivity contribution in [1.82, 2.24) is 14.6 Å². The van der Waals surface area contributed by atoms with Gasteiger partial charge in [0.1, 0.15) is 10.7 Å². The van der Waals surface area contributed by atoms with E-state index in [4.69, 9.17) is 11.6 Å². The Morgan fingerprint density at radius 1 is 1.14 bits per heavy atom. The molecule has 0 spiro atoms. The molecule has 1 amide bonds. The number of thiazole rings is 1. The van der Waals surface area contributed by atoms with Crippen LogP contribution in [0.15, 0.2) is 58.8 Å². The van der Waals surface area contributed by atoms with Crippen molar-refractivity contribution >= 4 is 38.9 Å². The number of sulfonamides is 1. The van der Waals surface area contributed by atoms with Crippen LogP contribution in [0.1, 0.15) is 16.1 Å². The van der Waals surface area contributed by atoms with E-state index in [-0.39, 0.29) is 10.6 Å². The number of nitrogens with one attached hydrogen (secondary N) is 1. The van der Waals surface area contributed by atoms with E-state index < -0.39 is 15.9 Å². The molecule has 9 heteroatoms. The third-order valence-electron chi connectivity index (χ3n) is 3.80. The minimum atomic E-state index is -3.99. The number of halogens is 1. The van der Waals surface area contributed by atoms with Gasteiger partial charge in [-0.1, -0.05) is 41.9 Å². The quantitative estimate of drug-likeness (QED) is 0.639. The summed E-state index contributed by atoms with van der Waals surface area (Å²) in [5.41, 5.74) is 1.68.